The predicted octanol–water partition coefficient (Wildman–Crippen LogP) is 6.27. The van der Waals surface area contributed by atoms with Crippen LogP contribution in [0, 0.1) is 0 Å². The van der Waals surface area contributed by atoms with Crippen molar-refractivity contribution in [2.45, 2.75) is 32.5 Å². The average Bonchev–Trinajstić information content (AvgIpc) is 3.58. The Labute approximate surface area is 281 Å². The SMILES string of the molecule is COc1ccc(Cn2cc(N3C(=O)c4nc(-c5cnc(N(C)C)nc5OC)n(C(C)C)c4C3c3ccc(Cl)cc3)cc(Cl)c2=O)cc1. The van der Waals surface area contributed by atoms with Crippen molar-refractivity contribution < 1.29 is 14.3 Å². The van der Waals surface area contributed by atoms with E-state index >= 15 is 0 Å². The van der Waals surface area contributed by atoms with Crippen LogP contribution in [0.4, 0.5) is 11.6 Å². The molecule has 6 rings (SSSR count). The molecule has 5 aromatic rings. The minimum atomic E-state index is -0.630. The normalized spacial score (nSPS) is 14.1. The fourth-order valence-electron chi connectivity index (χ4n) is 5.79. The highest BCUT2D eigenvalue weighted by molar-refractivity contribution is 6.31. The third kappa shape index (κ3) is 5.81. The highest BCUT2D eigenvalue weighted by Crippen LogP contribution is 2.45. The maximum Gasteiger partial charge on any atom is 0.279 e. The number of imidazole rings is 1. The third-order valence-corrected chi connectivity index (χ3v) is 8.50. The number of ether oxygens (including phenoxy) is 2. The fraction of sp³-hybridized carbons (Fsp3) is 0.265. The van der Waals surface area contributed by atoms with Crippen LogP contribution in [-0.4, -0.2) is 58.3 Å². The van der Waals surface area contributed by atoms with Crippen LogP contribution in [0.3, 0.4) is 0 Å². The molecular formula is C34H33Cl2N7O4. The molecule has 0 radical (unpaired) electrons. The van der Waals surface area contributed by atoms with Gasteiger partial charge in [-0.25, -0.2) is 9.97 Å². The maximum atomic E-state index is 14.5. The predicted molar refractivity (Wildman–Crippen MR) is 182 cm³/mol. The quantitative estimate of drug-likeness (QED) is 0.180. The van der Waals surface area contributed by atoms with Crippen LogP contribution < -0.4 is 24.8 Å². The van der Waals surface area contributed by atoms with E-state index in [0.29, 0.717) is 45.4 Å². The van der Waals surface area contributed by atoms with Crippen LogP contribution in [0.15, 0.2) is 71.8 Å². The van der Waals surface area contributed by atoms with Crippen LogP contribution in [0.2, 0.25) is 10.0 Å². The van der Waals surface area contributed by atoms with Gasteiger partial charge in [0.15, 0.2) is 5.69 Å². The topological polar surface area (TPSA) is 108 Å². The van der Waals surface area contributed by atoms with E-state index in [1.165, 1.54) is 17.7 Å². The maximum absolute atomic E-state index is 14.5. The summed E-state index contributed by atoms with van der Waals surface area (Å²) < 4.78 is 14.5. The van der Waals surface area contributed by atoms with Gasteiger partial charge in [-0.15, -0.1) is 0 Å². The van der Waals surface area contributed by atoms with Crippen molar-refractivity contribution in [3.63, 3.8) is 0 Å². The van der Waals surface area contributed by atoms with Gasteiger partial charge in [0.05, 0.1) is 37.7 Å². The molecule has 4 heterocycles. The lowest BCUT2D eigenvalue weighted by molar-refractivity contribution is 0.0989. The Morgan fingerprint density at radius 3 is 2.28 bits per heavy atom. The van der Waals surface area contributed by atoms with Crippen molar-refractivity contribution in [2.24, 2.45) is 0 Å². The van der Waals surface area contributed by atoms with Gasteiger partial charge in [0.1, 0.15) is 22.6 Å². The van der Waals surface area contributed by atoms with Gasteiger partial charge in [0.25, 0.3) is 11.5 Å². The second-order valence-electron chi connectivity index (χ2n) is 11.6. The molecule has 11 nitrogen and oxygen atoms in total. The monoisotopic (exact) mass is 673 g/mol. The summed E-state index contributed by atoms with van der Waals surface area (Å²) in [6.07, 6.45) is 3.31. The van der Waals surface area contributed by atoms with E-state index in [9.17, 15) is 9.59 Å². The van der Waals surface area contributed by atoms with Crippen molar-refractivity contribution in [3.8, 4) is 23.0 Å². The first kappa shape index (κ1) is 32.1. The van der Waals surface area contributed by atoms with E-state index in [1.54, 1.807) is 41.4 Å². The van der Waals surface area contributed by atoms with E-state index in [1.807, 2.05) is 68.9 Å². The molecule has 1 amide bonds. The molecule has 0 saturated heterocycles. The van der Waals surface area contributed by atoms with Gasteiger partial charge in [-0.2, -0.15) is 4.98 Å². The van der Waals surface area contributed by atoms with Gasteiger partial charge in [-0.1, -0.05) is 47.5 Å². The number of carbonyl (C=O) groups is 1. The Balaban J connectivity index is 1.53. The highest BCUT2D eigenvalue weighted by Gasteiger charge is 2.45. The zero-order valence-electron chi connectivity index (χ0n) is 26.7. The molecule has 2 aromatic carbocycles. The number of amides is 1. The summed E-state index contributed by atoms with van der Waals surface area (Å²) in [5, 5.41) is 0.542. The molecule has 0 spiro atoms. The Hall–Kier alpha value is -4.87. The number of fused-ring (bicyclic) bond motifs is 1. The molecule has 3 aromatic heterocycles. The van der Waals surface area contributed by atoms with Gasteiger partial charge in [-0.3, -0.25) is 14.5 Å². The van der Waals surface area contributed by atoms with E-state index in [-0.39, 0.29) is 34.8 Å². The smallest absolute Gasteiger partial charge is 0.279 e. The van der Waals surface area contributed by atoms with Gasteiger partial charge in [0, 0.05) is 37.6 Å². The minimum Gasteiger partial charge on any atom is -0.497 e. The molecule has 0 saturated carbocycles. The number of halogens is 2. The van der Waals surface area contributed by atoms with Crippen LogP contribution >= 0.6 is 23.2 Å². The molecule has 0 N–H and O–H groups in total. The second-order valence-corrected chi connectivity index (χ2v) is 12.4. The number of benzene rings is 2. The summed E-state index contributed by atoms with van der Waals surface area (Å²) in [6, 6.07) is 15.5. The molecule has 242 valence electrons. The van der Waals surface area contributed by atoms with Crippen LogP contribution in [0.1, 0.15) is 53.2 Å². The van der Waals surface area contributed by atoms with Gasteiger partial charge in [-0.05, 0) is 55.3 Å². The molecule has 1 unspecified atom stereocenters. The third-order valence-electron chi connectivity index (χ3n) is 7.98. The van der Waals surface area contributed by atoms with Gasteiger partial charge < -0.3 is 23.5 Å². The molecule has 0 fully saturated rings. The average molecular weight is 675 g/mol. The van der Waals surface area contributed by atoms with Crippen LogP contribution in [0.25, 0.3) is 11.4 Å². The van der Waals surface area contributed by atoms with Crippen molar-refractivity contribution in [2.75, 3.05) is 38.1 Å². The Morgan fingerprint density at radius 1 is 0.957 bits per heavy atom. The van der Waals surface area contributed by atoms with Crippen molar-refractivity contribution in [1.29, 1.82) is 0 Å². The summed E-state index contributed by atoms with van der Waals surface area (Å²) in [5.41, 5.74) is 3.21. The Morgan fingerprint density at radius 2 is 1.66 bits per heavy atom. The summed E-state index contributed by atoms with van der Waals surface area (Å²) in [6.45, 7) is 4.27. The zero-order chi connectivity index (χ0) is 33.6. The number of hydrogen-bond donors (Lipinski definition) is 0. The first-order valence-electron chi connectivity index (χ1n) is 14.8. The minimum absolute atomic E-state index is 0.0153. The van der Waals surface area contributed by atoms with Crippen molar-refractivity contribution in [1.82, 2.24) is 24.1 Å². The lowest BCUT2D eigenvalue weighted by atomic mass is 10.0. The first-order chi connectivity index (χ1) is 22.5. The number of carbonyl (C=O) groups excluding carboxylic acids is 1. The molecule has 1 aliphatic rings. The molecule has 1 aliphatic heterocycles. The zero-order valence-corrected chi connectivity index (χ0v) is 28.2. The van der Waals surface area contributed by atoms with E-state index in [2.05, 4.69) is 9.97 Å². The highest BCUT2D eigenvalue weighted by atomic mass is 35.5. The number of methoxy groups -OCH3 is 2. The number of aromatic nitrogens is 5. The van der Waals surface area contributed by atoms with Gasteiger partial charge >= 0.3 is 0 Å². The molecule has 0 aliphatic carbocycles. The standard InChI is InChI=1S/C34H33Cl2N7O4/c1-19(2)42-29-27(38-30(42)25-16-37-34(40(3)4)39-31(25)47-6)33(45)43(28(29)21-9-11-22(35)12-10-21)23-15-26(36)32(44)41(18-23)17-20-7-13-24(46-5)14-8-20/h7-16,18-19,28H,17H2,1-6H3. The summed E-state index contributed by atoms with van der Waals surface area (Å²) in [4.78, 5) is 45.1. The molecule has 0 bridgehead atoms. The number of rotatable bonds is 9. The second kappa shape index (κ2) is 12.7. The summed E-state index contributed by atoms with van der Waals surface area (Å²) in [5.74, 6) is 1.66. The fourth-order valence-corrected chi connectivity index (χ4v) is 6.14. The van der Waals surface area contributed by atoms with Crippen molar-refractivity contribution >= 4 is 40.7 Å². The largest absolute Gasteiger partial charge is 0.497 e. The van der Waals surface area contributed by atoms with E-state index in [4.69, 9.17) is 37.7 Å². The molecule has 47 heavy (non-hydrogen) atoms. The molecule has 13 heteroatoms. The Kier molecular flexibility index (Phi) is 8.69. The first-order valence-corrected chi connectivity index (χ1v) is 15.6. The number of anilines is 2. The molecular weight excluding hydrogens is 641 g/mol. The number of nitrogens with zero attached hydrogens (tertiary/aromatic N) is 7. The lowest BCUT2D eigenvalue weighted by Crippen LogP contribution is -2.32. The molecule has 1 atom stereocenters. The number of hydrogen-bond acceptors (Lipinski definition) is 8. The van der Waals surface area contributed by atoms with Crippen LogP contribution in [-0.2, 0) is 6.54 Å². The Bertz CT molecular complexity index is 2020. The van der Waals surface area contributed by atoms with E-state index < -0.39 is 6.04 Å². The van der Waals surface area contributed by atoms with Crippen molar-refractivity contribution in [3.05, 3.63) is 110 Å². The van der Waals surface area contributed by atoms with E-state index in [0.717, 1.165) is 11.1 Å². The van der Waals surface area contributed by atoms with Crippen LogP contribution in [0.5, 0.6) is 11.6 Å². The summed E-state index contributed by atoms with van der Waals surface area (Å²) in [7, 11) is 6.81. The van der Waals surface area contributed by atoms with Gasteiger partial charge in [0.2, 0.25) is 11.8 Å². The number of pyridine rings is 1. The lowest BCUT2D eigenvalue weighted by Gasteiger charge is -2.29. The summed E-state index contributed by atoms with van der Waals surface area (Å²) >= 11 is 12.9.